The summed E-state index contributed by atoms with van der Waals surface area (Å²) in [6.45, 7) is 10.8. The fraction of sp³-hybridized carbons (Fsp3) is 0.680. The monoisotopic (exact) mass is 571 g/mol. The van der Waals surface area contributed by atoms with Gasteiger partial charge in [-0.05, 0) is 63.7 Å². The van der Waals surface area contributed by atoms with E-state index < -0.39 is 0 Å². The molecule has 0 radical (unpaired) electrons. The molecule has 1 aromatic rings. The number of hydrogen-bond donors (Lipinski definition) is 2. The summed E-state index contributed by atoms with van der Waals surface area (Å²) in [6.07, 6.45) is 7.00. The van der Waals surface area contributed by atoms with Crippen LogP contribution < -0.4 is 10.6 Å². The summed E-state index contributed by atoms with van der Waals surface area (Å²) < 4.78 is 5.11. The second-order valence-corrected chi connectivity index (χ2v) is 8.81. The third-order valence-corrected chi connectivity index (χ3v) is 6.25. The molecule has 0 spiro atoms. The topological polar surface area (TPSA) is 69.2 Å². The molecule has 1 amide bonds. The third-order valence-electron chi connectivity index (χ3n) is 6.25. The Balaban J connectivity index is 0.00000385. The molecule has 8 heteroatoms. The van der Waals surface area contributed by atoms with E-state index in [1.165, 1.54) is 49.9 Å². The van der Waals surface area contributed by atoms with E-state index in [1.54, 1.807) is 4.90 Å². The maximum absolute atomic E-state index is 11.9. The van der Waals surface area contributed by atoms with Crippen LogP contribution in [0.2, 0.25) is 0 Å². The zero-order chi connectivity index (χ0) is 22.6. The van der Waals surface area contributed by atoms with Crippen LogP contribution in [0.1, 0.15) is 63.5 Å². The Labute approximate surface area is 216 Å². The van der Waals surface area contributed by atoms with Gasteiger partial charge in [0.05, 0.1) is 13.2 Å². The number of aliphatic imine (C=N–C) groups is 1. The van der Waals surface area contributed by atoms with Crippen molar-refractivity contribution in [3.05, 3.63) is 35.4 Å². The first kappa shape index (κ1) is 27.7. The lowest BCUT2D eigenvalue weighted by Gasteiger charge is -2.32. The van der Waals surface area contributed by atoms with Crippen molar-refractivity contribution in [1.29, 1.82) is 0 Å². The largest absolute Gasteiger partial charge is 0.450 e. The maximum Gasteiger partial charge on any atom is 0.409 e. The molecule has 186 valence electrons. The highest BCUT2D eigenvalue weighted by atomic mass is 127. The molecular weight excluding hydrogens is 529 g/mol. The Kier molecular flexibility index (Phi) is 12.9. The lowest BCUT2D eigenvalue weighted by molar-refractivity contribution is 0.0963. The Morgan fingerprint density at radius 2 is 1.64 bits per heavy atom. The fourth-order valence-corrected chi connectivity index (χ4v) is 4.41. The molecule has 2 saturated heterocycles. The minimum atomic E-state index is -0.203. The van der Waals surface area contributed by atoms with E-state index in [-0.39, 0.29) is 30.1 Å². The van der Waals surface area contributed by atoms with Gasteiger partial charge in [0.2, 0.25) is 0 Å². The van der Waals surface area contributed by atoms with E-state index in [0.29, 0.717) is 32.3 Å². The molecule has 0 bridgehead atoms. The second kappa shape index (κ2) is 15.4. The smallest absolute Gasteiger partial charge is 0.409 e. The van der Waals surface area contributed by atoms with Crippen LogP contribution in [0.4, 0.5) is 4.79 Å². The number of halogens is 1. The van der Waals surface area contributed by atoms with Crippen LogP contribution >= 0.6 is 24.0 Å². The quantitative estimate of drug-likeness (QED) is 0.289. The van der Waals surface area contributed by atoms with Crippen molar-refractivity contribution in [2.75, 3.05) is 39.3 Å². The van der Waals surface area contributed by atoms with Crippen molar-refractivity contribution in [3.63, 3.8) is 0 Å². The molecule has 0 unspecified atom stereocenters. The molecule has 0 aliphatic carbocycles. The average Bonchev–Trinajstić information content (AvgIpc) is 3.08. The van der Waals surface area contributed by atoms with Crippen molar-refractivity contribution < 1.29 is 9.53 Å². The molecule has 1 aromatic carbocycles. The van der Waals surface area contributed by atoms with Crippen LogP contribution in [0.15, 0.2) is 29.3 Å². The summed E-state index contributed by atoms with van der Waals surface area (Å²) >= 11 is 0. The predicted molar refractivity (Wildman–Crippen MR) is 145 cm³/mol. The second-order valence-electron chi connectivity index (χ2n) is 8.81. The Bertz CT molecular complexity index is 712. The molecule has 2 N–H and O–H groups in total. The molecule has 3 rings (SSSR count). The number of likely N-dealkylation sites (tertiary alicyclic amines) is 2. The van der Waals surface area contributed by atoms with Crippen molar-refractivity contribution in [2.24, 2.45) is 4.99 Å². The number of nitrogens with one attached hydrogen (secondary N) is 2. The molecule has 0 atom stereocenters. The van der Waals surface area contributed by atoms with Crippen molar-refractivity contribution in [1.82, 2.24) is 20.4 Å². The summed E-state index contributed by atoms with van der Waals surface area (Å²) in [5.41, 5.74) is 2.61. The van der Waals surface area contributed by atoms with E-state index in [0.717, 1.165) is 31.9 Å². The highest BCUT2D eigenvalue weighted by Gasteiger charge is 2.24. The van der Waals surface area contributed by atoms with E-state index in [1.807, 2.05) is 6.92 Å². The van der Waals surface area contributed by atoms with Crippen LogP contribution in [0.25, 0.3) is 0 Å². The maximum atomic E-state index is 11.9. The van der Waals surface area contributed by atoms with Crippen LogP contribution in [0.5, 0.6) is 0 Å². The number of ether oxygens (including phenoxy) is 1. The molecule has 2 aliphatic rings. The van der Waals surface area contributed by atoms with E-state index >= 15 is 0 Å². The van der Waals surface area contributed by atoms with Gasteiger partial charge in [0.15, 0.2) is 5.96 Å². The zero-order valence-corrected chi connectivity index (χ0v) is 22.7. The standard InChI is InChI=1S/C25H41N5O2.HI/c1-3-26-24(28-23-13-17-30(18-14-23)25(31)32-4-2)27-19-21-9-11-22(12-10-21)20-29-15-7-5-6-8-16-29;/h9-12,23H,3-8,13-20H2,1-2H3,(H2,26,27,28);1H. The number of carbonyl (C=O) groups is 1. The van der Waals surface area contributed by atoms with Crippen LogP contribution in [-0.4, -0.2) is 67.2 Å². The van der Waals surface area contributed by atoms with Gasteiger partial charge in [-0.3, -0.25) is 4.90 Å². The van der Waals surface area contributed by atoms with Gasteiger partial charge in [-0.25, -0.2) is 9.79 Å². The highest BCUT2D eigenvalue weighted by Crippen LogP contribution is 2.15. The van der Waals surface area contributed by atoms with Gasteiger partial charge in [0.1, 0.15) is 0 Å². The summed E-state index contributed by atoms with van der Waals surface area (Å²) in [7, 11) is 0. The van der Waals surface area contributed by atoms with Gasteiger partial charge in [-0.2, -0.15) is 0 Å². The number of carbonyl (C=O) groups excluding carboxylic acids is 1. The minimum Gasteiger partial charge on any atom is -0.450 e. The van der Waals surface area contributed by atoms with Gasteiger partial charge >= 0.3 is 6.09 Å². The zero-order valence-electron chi connectivity index (χ0n) is 20.4. The Morgan fingerprint density at radius 1 is 1.00 bits per heavy atom. The van der Waals surface area contributed by atoms with Crippen LogP contribution in [-0.2, 0) is 17.8 Å². The first-order chi connectivity index (χ1) is 15.7. The number of nitrogens with zero attached hydrogens (tertiary/aromatic N) is 3. The minimum absolute atomic E-state index is 0. The van der Waals surface area contributed by atoms with Crippen molar-refractivity contribution >= 4 is 36.0 Å². The molecule has 2 aliphatic heterocycles. The average molecular weight is 572 g/mol. The Morgan fingerprint density at radius 3 is 2.24 bits per heavy atom. The van der Waals surface area contributed by atoms with Crippen molar-refractivity contribution in [3.8, 4) is 0 Å². The van der Waals surface area contributed by atoms with E-state index in [9.17, 15) is 4.79 Å². The number of hydrogen-bond acceptors (Lipinski definition) is 4. The third kappa shape index (κ3) is 9.68. The highest BCUT2D eigenvalue weighted by molar-refractivity contribution is 14.0. The molecule has 7 nitrogen and oxygen atoms in total. The molecule has 2 fully saturated rings. The fourth-order valence-electron chi connectivity index (χ4n) is 4.41. The number of piperidine rings is 1. The van der Waals surface area contributed by atoms with E-state index in [2.05, 4.69) is 46.7 Å². The van der Waals surface area contributed by atoms with Crippen LogP contribution in [0.3, 0.4) is 0 Å². The van der Waals surface area contributed by atoms with Gasteiger partial charge in [-0.1, -0.05) is 37.1 Å². The summed E-state index contributed by atoms with van der Waals surface area (Å²) in [4.78, 5) is 21.1. The summed E-state index contributed by atoms with van der Waals surface area (Å²) in [5.74, 6) is 0.843. The number of rotatable bonds is 7. The van der Waals surface area contributed by atoms with Gasteiger partial charge in [0.25, 0.3) is 0 Å². The molecular formula is C25H42IN5O2. The lowest BCUT2D eigenvalue weighted by atomic mass is 10.1. The van der Waals surface area contributed by atoms with Gasteiger partial charge in [-0.15, -0.1) is 24.0 Å². The van der Waals surface area contributed by atoms with E-state index in [4.69, 9.17) is 9.73 Å². The molecule has 33 heavy (non-hydrogen) atoms. The Hall–Kier alpha value is -1.55. The number of amides is 1. The number of guanidine groups is 1. The normalized spacial score (nSPS) is 18.2. The predicted octanol–water partition coefficient (Wildman–Crippen LogP) is 4.36. The summed E-state index contributed by atoms with van der Waals surface area (Å²) in [6, 6.07) is 9.23. The van der Waals surface area contributed by atoms with Crippen molar-refractivity contribution in [2.45, 2.75) is 71.5 Å². The summed E-state index contributed by atoms with van der Waals surface area (Å²) in [5, 5.41) is 6.90. The van der Waals surface area contributed by atoms with Crippen LogP contribution in [0, 0.1) is 0 Å². The SMILES string of the molecule is CCNC(=NCc1ccc(CN2CCCCCC2)cc1)NC1CCN(C(=O)OCC)CC1.I. The number of benzene rings is 1. The molecule has 0 aromatic heterocycles. The first-order valence-corrected chi connectivity index (χ1v) is 12.4. The molecule has 2 heterocycles. The molecule has 0 saturated carbocycles. The van der Waals surface area contributed by atoms with Gasteiger partial charge in [0, 0.05) is 32.2 Å². The first-order valence-electron chi connectivity index (χ1n) is 12.4. The lowest BCUT2D eigenvalue weighted by Crippen LogP contribution is -2.49. The van der Waals surface area contributed by atoms with Gasteiger partial charge < -0.3 is 20.3 Å².